The van der Waals surface area contributed by atoms with Gasteiger partial charge in [-0.25, -0.2) is 4.79 Å². The molecule has 1 fully saturated rings. The van der Waals surface area contributed by atoms with Crippen LogP contribution in [0.15, 0.2) is 0 Å². The zero-order valence-electron chi connectivity index (χ0n) is 14.9. The summed E-state index contributed by atoms with van der Waals surface area (Å²) in [5.41, 5.74) is 1.80. The fourth-order valence-electron chi connectivity index (χ4n) is 3.07. The highest BCUT2D eigenvalue weighted by Crippen LogP contribution is 2.20. The maximum atomic E-state index is 12.2. The van der Waals surface area contributed by atoms with Crippen molar-refractivity contribution in [3.63, 3.8) is 0 Å². The zero-order chi connectivity index (χ0) is 17.9. The Balaban J connectivity index is 1.99. The van der Waals surface area contributed by atoms with E-state index in [-0.39, 0.29) is 18.9 Å². The Morgan fingerprint density at radius 3 is 2.67 bits per heavy atom. The zero-order valence-corrected chi connectivity index (χ0v) is 14.9. The molecule has 7 heteroatoms. The molecule has 0 aliphatic carbocycles. The molecule has 0 spiro atoms. The van der Waals surface area contributed by atoms with E-state index in [4.69, 9.17) is 4.74 Å². The van der Waals surface area contributed by atoms with Gasteiger partial charge in [0.05, 0.1) is 12.3 Å². The van der Waals surface area contributed by atoms with E-state index in [0.717, 1.165) is 23.5 Å². The van der Waals surface area contributed by atoms with Gasteiger partial charge in [0.1, 0.15) is 0 Å². The normalized spacial score (nSPS) is 20.5. The average molecular weight is 337 g/mol. The Bertz CT molecular complexity index is 616. The van der Waals surface area contributed by atoms with Gasteiger partial charge in [0.25, 0.3) is 0 Å². The van der Waals surface area contributed by atoms with E-state index in [9.17, 15) is 14.7 Å². The lowest BCUT2D eigenvalue weighted by molar-refractivity contribution is -0.147. The molecule has 1 saturated heterocycles. The minimum Gasteiger partial charge on any atom is -0.479 e. The highest BCUT2D eigenvalue weighted by molar-refractivity contribution is 5.87. The van der Waals surface area contributed by atoms with Gasteiger partial charge in [0.15, 0.2) is 5.54 Å². The fourth-order valence-corrected chi connectivity index (χ4v) is 3.07. The number of rotatable bonds is 7. The predicted octanol–water partition coefficient (Wildman–Crippen LogP) is 1.45. The van der Waals surface area contributed by atoms with Crippen LogP contribution in [0.5, 0.6) is 0 Å². The van der Waals surface area contributed by atoms with Crippen molar-refractivity contribution in [2.75, 3.05) is 13.2 Å². The molecular weight excluding hydrogens is 310 g/mol. The van der Waals surface area contributed by atoms with Crippen molar-refractivity contribution < 1.29 is 19.4 Å². The highest BCUT2D eigenvalue weighted by atomic mass is 16.5. The van der Waals surface area contributed by atoms with Crippen molar-refractivity contribution in [3.8, 4) is 0 Å². The third-order valence-corrected chi connectivity index (χ3v) is 4.48. The lowest BCUT2D eigenvalue weighted by atomic mass is 9.98. The Hall–Kier alpha value is -1.89. The summed E-state index contributed by atoms with van der Waals surface area (Å²) in [5, 5.41) is 16.6. The third kappa shape index (κ3) is 3.95. The molecule has 1 aromatic heterocycles. The number of hydrogen-bond acceptors (Lipinski definition) is 4. The van der Waals surface area contributed by atoms with E-state index in [1.165, 1.54) is 0 Å². The second-order valence-corrected chi connectivity index (χ2v) is 6.96. The standard InChI is InChI=1S/C17H27N3O4/c1-11(2)9-20-13(4)14(12(3)19-20)5-6-15(21)18-17(16(22)23)7-8-24-10-17/h11H,5-10H2,1-4H3,(H,18,21)(H,22,23). The van der Waals surface area contributed by atoms with Crippen LogP contribution >= 0.6 is 0 Å². The van der Waals surface area contributed by atoms with Crippen LogP contribution in [-0.4, -0.2) is 45.5 Å². The summed E-state index contributed by atoms with van der Waals surface area (Å²) in [4.78, 5) is 23.7. The highest BCUT2D eigenvalue weighted by Gasteiger charge is 2.43. The Labute approximate surface area is 142 Å². The lowest BCUT2D eigenvalue weighted by Gasteiger charge is -2.23. The second-order valence-electron chi connectivity index (χ2n) is 6.96. The molecule has 134 valence electrons. The van der Waals surface area contributed by atoms with Gasteiger partial charge in [-0.15, -0.1) is 0 Å². The number of aryl methyl sites for hydroxylation is 1. The monoisotopic (exact) mass is 337 g/mol. The molecule has 0 bridgehead atoms. The first-order valence-corrected chi connectivity index (χ1v) is 8.40. The molecule has 0 radical (unpaired) electrons. The quantitative estimate of drug-likeness (QED) is 0.785. The van der Waals surface area contributed by atoms with E-state index < -0.39 is 11.5 Å². The summed E-state index contributed by atoms with van der Waals surface area (Å²) >= 11 is 0. The van der Waals surface area contributed by atoms with Crippen molar-refractivity contribution in [2.45, 2.75) is 59.0 Å². The number of aromatic nitrogens is 2. The van der Waals surface area contributed by atoms with Gasteiger partial charge in [-0.1, -0.05) is 13.8 Å². The molecule has 1 amide bonds. The number of carbonyl (C=O) groups excluding carboxylic acids is 1. The summed E-state index contributed by atoms with van der Waals surface area (Å²) in [6, 6.07) is 0. The molecule has 7 nitrogen and oxygen atoms in total. The van der Waals surface area contributed by atoms with Crippen LogP contribution in [0.25, 0.3) is 0 Å². The van der Waals surface area contributed by atoms with Gasteiger partial charge in [-0.3, -0.25) is 9.48 Å². The summed E-state index contributed by atoms with van der Waals surface area (Å²) in [7, 11) is 0. The molecule has 2 heterocycles. The first-order chi connectivity index (χ1) is 11.2. The number of carboxylic acid groups (broad SMARTS) is 1. The minimum absolute atomic E-state index is 0.0262. The summed E-state index contributed by atoms with van der Waals surface area (Å²) in [6.45, 7) is 9.46. The van der Waals surface area contributed by atoms with Crippen LogP contribution < -0.4 is 5.32 Å². The Morgan fingerprint density at radius 1 is 1.42 bits per heavy atom. The van der Waals surface area contributed by atoms with Crippen molar-refractivity contribution in [3.05, 3.63) is 17.0 Å². The second kappa shape index (κ2) is 7.34. The number of hydrogen-bond donors (Lipinski definition) is 2. The summed E-state index contributed by atoms with van der Waals surface area (Å²) in [5.74, 6) is -0.805. The maximum Gasteiger partial charge on any atom is 0.331 e. The molecule has 0 aromatic carbocycles. The number of carbonyl (C=O) groups is 2. The van der Waals surface area contributed by atoms with Crippen LogP contribution in [0, 0.1) is 19.8 Å². The largest absolute Gasteiger partial charge is 0.479 e. The van der Waals surface area contributed by atoms with Crippen molar-refractivity contribution in [1.82, 2.24) is 15.1 Å². The van der Waals surface area contributed by atoms with Gasteiger partial charge < -0.3 is 15.2 Å². The molecule has 1 aliphatic rings. The molecule has 0 saturated carbocycles. The Kier molecular flexibility index (Phi) is 5.64. The summed E-state index contributed by atoms with van der Waals surface area (Å²) in [6.07, 6.45) is 1.10. The minimum atomic E-state index is -1.27. The van der Waals surface area contributed by atoms with Crippen LogP contribution in [0.1, 0.15) is 43.6 Å². The number of nitrogens with zero attached hydrogens (tertiary/aromatic N) is 2. The van der Waals surface area contributed by atoms with Gasteiger partial charge in [0.2, 0.25) is 5.91 Å². The van der Waals surface area contributed by atoms with Crippen molar-refractivity contribution in [1.29, 1.82) is 0 Å². The topological polar surface area (TPSA) is 93.5 Å². The van der Waals surface area contributed by atoms with Crippen LogP contribution in [0.4, 0.5) is 0 Å². The third-order valence-electron chi connectivity index (χ3n) is 4.48. The van der Waals surface area contributed by atoms with E-state index in [1.807, 2.05) is 18.5 Å². The van der Waals surface area contributed by atoms with Crippen LogP contribution in [0.2, 0.25) is 0 Å². The molecule has 1 unspecified atom stereocenters. The molecule has 2 N–H and O–H groups in total. The number of ether oxygens (including phenoxy) is 1. The van der Waals surface area contributed by atoms with E-state index in [0.29, 0.717) is 25.4 Å². The molecule has 1 atom stereocenters. The summed E-state index contributed by atoms with van der Waals surface area (Å²) < 4.78 is 7.14. The SMILES string of the molecule is Cc1nn(CC(C)C)c(C)c1CCC(=O)NC1(C(=O)O)CCOC1. The maximum absolute atomic E-state index is 12.2. The van der Waals surface area contributed by atoms with Gasteiger partial charge in [-0.2, -0.15) is 5.10 Å². The Morgan fingerprint density at radius 2 is 2.12 bits per heavy atom. The molecule has 1 aliphatic heterocycles. The number of aliphatic carboxylic acids is 1. The average Bonchev–Trinajstić information content (AvgIpc) is 3.04. The van der Waals surface area contributed by atoms with Crippen LogP contribution in [-0.2, 0) is 27.3 Å². The number of amides is 1. The van der Waals surface area contributed by atoms with Gasteiger partial charge in [-0.05, 0) is 31.7 Å². The lowest BCUT2D eigenvalue weighted by Crippen LogP contribution is -2.55. The van der Waals surface area contributed by atoms with Crippen molar-refractivity contribution in [2.24, 2.45) is 5.92 Å². The fraction of sp³-hybridized carbons (Fsp3) is 0.706. The van der Waals surface area contributed by atoms with Crippen LogP contribution in [0.3, 0.4) is 0 Å². The van der Waals surface area contributed by atoms with E-state index in [2.05, 4.69) is 24.3 Å². The first kappa shape index (κ1) is 18.4. The van der Waals surface area contributed by atoms with Gasteiger partial charge >= 0.3 is 5.97 Å². The first-order valence-electron chi connectivity index (χ1n) is 8.40. The molecule has 2 rings (SSSR count). The number of nitrogens with one attached hydrogen (secondary N) is 1. The smallest absolute Gasteiger partial charge is 0.331 e. The van der Waals surface area contributed by atoms with Gasteiger partial charge in [0, 0.05) is 31.7 Å². The van der Waals surface area contributed by atoms with E-state index >= 15 is 0 Å². The van der Waals surface area contributed by atoms with Crippen molar-refractivity contribution >= 4 is 11.9 Å². The molecule has 1 aromatic rings. The molecular formula is C17H27N3O4. The molecule has 24 heavy (non-hydrogen) atoms. The predicted molar refractivity (Wildman–Crippen MR) is 88.8 cm³/mol. The van der Waals surface area contributed by atoms with E-state index in [1.54, 1.807) is 0 Å². The number of carboxylic acids is 1.